The van der Waals surface area contributed by atoms with Gasteiger partial charge in [-0.05, 0) is 54.7 Å². The smallest absolute Gasteiger partial charge is 0.232 e. The summed E-state index contributed by atoms with van der Waals surface area (Å²) < 4.78 is 25.6. The van der Waals surface area contributed by atoms with Crippen molar-refractivity contribution < 1.29 is 13.2 Å². The van der Waals surface area contributed by atoms with Crippen LogP contribution in [0.5, 0.6) is 0 Å². The SMILES string of the molecule is Cc1cccc(C(C)C)c1NC(=O)CCCN(c1ccc(Cl)cc1)S(C)(=O)=O. The monoisotopic (exact) mass is 422 g/mol. The first-order chi connectivity index (χ1) is 13.1. The number of hydrogen-bond donors (Lipinski definition) is 1. The molecular weight excluding hydrogens is 396 g/mol. The van der Waals surface area contributed by atoms with E-state index in [9.17, 15) is 13.2 Å². The van der Waals surface area contributed by atoms with Gasteiger partial charge in [0.15, 0.2) is 0 Å². The van der Waals surface area contributed by atoms with E-state index in [1.807, 2.05) is 25.1 Å². The number of rotatable bonds is 8. The van der Waals surface area contributed by atoms with Crippen LogP contribution in [0.2, 0.25) is 5.02 Å². The van der Waals surface area contributed by atoms with Crippen molar-refractivity contribution in [2.45, 2.75) is 39.5 Å². The normalized spacial score (nSPS) is 11.5. The summed E-state index contributed by atoms with van der Waals surface area (Å²) in [5.74, 6) is 0.168. The summed E-state index contributed by atoms with van der Waals surface area (Å²) in [5, 5.41) is 3.53. The summed E-state index contributed by atoms with van der Waals surface area (Å²) >= 11 is 5.88. The lowest BCUT2D eigenvalue weighted by molar-refractivity contribution is -0.116. The molecule has 0 saturated carbocycles. The molecule has 0 radical (unpaired) electrons. The third kappa shape index (κ3) is 5.97. The number of carbonyl (C=O) groups is 1. The zero-order valence-corrected chi connectivity index (χ0v) is 18.3. The molecule has 28 heavy (non-hydrogen) atoms. The van der Waals surface area contributed by atoms with Gasteiger partial charge in [-0.25, -0.2) is 8.42 Å². The summed E-state index contributed by atoms with van der Waals surface area (Å²) in [6.07, 6.45) is 1.79. The van der Waals surface area contributed by atoms with E-state index in [2.05, 4.69) is 19.2 Å². The van der Waals surface area contributed by atoms with Crippen LogP contribution in [0.25, 0.3) is 0 Å². The predicted octanol–water partition coefficient (Wildman–Crippen LogP) is 4.96. The number of aryl methyl sites for hydroxylation is 1. The van der Waals surface area contributed by atoms with Crippen molar-refractivity contribution in [2.24, 2.45) is 0 Å². The number of halogens is 1. The third-order valence-corrected chi connectivity index (χ3v) is 5.92. The van der Waals surface area contributed by atoms with E-state index >= 15 is 0 Å². The number of carbonyl (C=O) groups excluding carboxylic acids is 1. The Labute approximate surface area is 172 Å². The predicted molar refractivity (Wildman–Crippen MR) is 117 cm³/mol. The fourth-order valence-electron chi connectivity index (χ4n) is 3.02. The molecule has 2 rings (SSSR count). The van der Waals surface area contributed by atoms with Crippen molar-refractivity contribution in [3.8, 4) is 0 Å². The fraction of sp³-hybridized carbons (Fsp3) is 0.381. The van der Waals surface area contributed by atoms with E-state index in [-0.39, 0.29) is 18.9 Å². The first kappa shape index (κ1) is 22.2. The number of nitrogens with zero attached hydrogens (tertiary/aromatic N) is 1. The van der Waals surface area contributed by atoms with Crippen molar-refractivity contribution in [1.29, 1.82) is 0 Å². The van der Waals surface area contributed by atoms with Gasteiger partial charge in [-0.2, -0.15) is 0 Å². The lowest BCUT2D eigenvalue weighted by Gasteiger charge is -2.22. The maximum atomic E-state index is 12.5. The molecule has 152 valence electrons. The van der Waals surface area contributed by atoms with Gasteiger partial charge in [-0.15, -0.1) is 0 Å². The highest BCUT2D eigenvalue weighted by Crippen LogP contribution is 2.27. The van der Waals surface area contributed by atoms with Gasteiger partial charge in [0.25, 0.3) is 0 Å². The van der Waals surface area contributed by atoms with Crippen molar-refractivity contribution in [2.75, 3.05) is 22.4 Å². The van der Waals surface area contributed by atoms with Crippen LogP contribution in [0.1, 0.15) is 43.7 Å². The molecule has 7 heteroatoms. The molecule has 0 bridgehead atoms. The zero-order valence-electron chi connectivity index (χ0n) is 16.7. The Hall–Kier alpha value is -2.05. The largest absolute Gasteiger partial charge is 0.326 e. The molecule has 0 unspecified atom stereocenters. The van der Waals surface area contributed by atoms with Gasteiger partial charge >= 0.3 is 0 Å². The topological polar surface area (TPSA) is 66.5 Å². The standard InChI is InChI=1S/C21H27ClN2O3S/c1-15(2)19-8-5-7-16(3)21(19)23-20(25)9-6-14-24(28(4,26)27)18-12-10-17(22)11-13-18/h5,7-8,10-13,15H,6,9,14H2,1-4H3,(H,23,25). The van der Waals surface area contributed by atoms with Gasteiger partial charge in [0, 0.05) is 23.7 Å². The van der Waals surface area contributed by atoms with Crippen LogP contribution in [-0.4, -0.2) is 27.1 Å². The van der Waals surface area contributed by atoms with Crippen molar-refractivity contribution in [3.05, 3.63) is 58.6 Å². The van der Waals surface area contributed by atoms with Crippen LogP contribution in [0, 0.1) is 6.92 Å². The minimum Gasteiger partial charge on any atom is -0.326 e. The fourth-order valence-corrected chi connectivity index (χ4v) is 4.11. The maximum absolute atomic E-state index is 12.5. The molecule has 2 aromatic carbocycles. The second-order valence-corrected chi connectivity index (χ2v) is 9.50. The maximum Gasteiger partial charge on any atom is 0.232 e. The number of benzene rings is 2. The van der Waals surface area contributed by atoms with Crippen molar-refractivity contribution >= 4 is 38.9 Å². The van der Waals surface area contributed by atoms with E-state index in [0.717, 1.165) is 23.1 Å². The summed E-state index contributed by atoms with van der Waals surface area (Å²) in [5.41, 5.74) is 3.49. The molecule has 0 fully saturated rings. The van der Waals surface area contributed by atoms with Crippen LogP contribution in [0.4, 0.5) is 11.4 Å². The van der Waals surface area contributed by atoms with E-state index < -0.39 is 10.0 Å². The molecule has 0 saturated heterocycles. The zero-order chi connectivity index (χ0) is 20.9. The number of amides is 1. The van der Waals surface area contributed by atoms with Crippen molar-refractivity contribution in [1.82, 2.24) is 0 Å². The molecule has 0 aromatic heterocycles. The molecule has 0 aliphatic carbocycles. The third-order valence-electron chi connectivity index (χ3n) is 4.47. The average Bonchev–Trinajstić information content (AvgIpc) is 2.60. The number of para-hydroxylation sites is 1. The van der Waals surface area contributed by atoms with E-state index in [0.29, 0.717) is 23.0 Å². The molecule has 1 N–H and O–H groups in total. The molecule has 1 amide bonds. The minimum atomic E-state index is -3.45. The highest BCUT2D eigenvalue weighted by Gasteiger charge is 2.18. The second kappa shape index (κ2) is 9.43. The lowest BCUT2D eigenvalue weighted by Crippen LogP contribution is -2.31. The van der Waals surface area contributed by atoms with Gasteiger partial charge in [-0.3, -0.25) is 9.10 Å². The number of hydrogen-bond acceptors (Lipinski definition) is 3. The summed E-state index contributed by atoms with van der Waals surface area (Å²) in [6.45, 7) is 6.35. The van der Waals surface area contributed by atoms with Gasteiger partial charge in [0.05, 0.1) is 11.9 Å². The lowest BCUT2D eigenvalue weighted by atomic mass is 9.98. The van der Waals surface area contributed by atoms with Crippen LogP contribution >= 0.6 is 11.6 Å². The quantitative estimate of drug-likeness (QED) is 0.653. The van der Waals surface area contributed by atoms with E-state index in [4.69, 9.17) is 11.6 Å². The van der Waals surface area contributed by atoms with Gasteiger partial charge < -0.3 is 5.32 Å². The Kier molecular flexibility index (Phi) is 7.49. The number of anilines is 2. The highest BCUT2D eigenvalue weighted by molar-refractivity contribution is 7.92. The molecule has 0 spiro atoms. The van der Waals surface area contributed by atoms with Crippen molar-refractivity contribution in [3.63, 3.8) is 0 Å². The number of nitrogens with one attached hydrogen (secondary N) is 1. The Morgan fingerprint density at radius 1 is 1.14 bits per heavy atom. The van der Waals surface area contributed by atoms with Crippen LogP contribution < -0.4 is 9.62 Å². The first-order valence-electron chi connectivity index (χ1n) is 9.22. The highest BCUT2D eigenvalue weighted by atomic mass is 35.5. The van der Waals surface area contributed by atoms with E-state index in [1.54, 1.807) is 24.3 Å². The second-order valence-electron chi connectivity index (χ2n) is 7.16. The van der Waals surface area contributed by atoms with Crippen LogP contribution in [-0.2, 0) is 14.8 Å². The Bertz CT molecular complexity index is 925. The van der Waals surface area contributed by atoms with Crippen LogP contribution in [0.15, 0.2) is 42.5 Å². The summed E-state index contributed by atoms with van der Waals surface area (Å²) in [6, 6.07) is 12.6. The molecular formula is C21H27ClN2O3S. The average molecular weight is 423 g/mol. The Morgan fingerprint density at radius 3 is 2.36 bits per heavy atom. The Balaban J connectivity index is 2.03. The first-order valence-corrected chi connectivity index (χ1v) is 11.4. The molecule has 0 aliphatic heterocycles. The van der Waals surface area contributed by atoms with Gasteiger partial charge in [0.2, 0.25) is 15.9 Å². The van der Waals surface area contributed by atoms with Gasteiger partial charge in [0.1, 0.15) is 0 Å². The summed E-state index contributed by atoms with van der Waals surface area (Å²) in [4.78, 5) is 12.5. The molecule has 0 heterocycles. The molecule has 5 nitrogen and oxygen atoms in total. The summed E-state index contributed by atoms with van der Waals surface area (Å²) in [7, 11) is -3.45. The molecule has 0 atom stereocenters. The van der Waals surface area contributed by atoms with E-state index in [1.165, 1.54) is 4.31 Å². The van der Waals surface area contributed by atoms with Gasteiger partial charge in [-0.1, -0.05) is 43.6 Å². The van der Waals surface area contributed by atoms with Crippen LogP contribution in [0.3, 0.4) is 0 Å². The number of sulfonamides is 1. The molecule has 0 aliphatic rings. The minimum absolute atomic E-state index is 0.124. The molecule has 2 aromatic rings. The Morgan fingerprint density at radius 2 is 1.79 bits per heavy atom.